The number of carboxylic acid groups (broad SMARTS) is 1. The molecule has 5 nitrogen and oxygen atoms in total. The van der Waals surface area contributed by atoms with Gasteiger partial charge >= 0.3 is 12.3 Å². The quantitative estimate of drug-likeness (QED) is 0.865. The van der Waals surface area contributed by atoms with Gasteiger partial charge in [0.2, 0.25) is 0 Å². The fourth-order valence-corrected chi connectivity index (χ4v) is 2.13. The average Bonchev–Trinajstić information content (AvgIpc) is 2.54. The van der Waals surface area contributed by atoms with Crippen LogP contribution in [-0.4, -0.2) is 23.3 Å². The minimum absolute atomic E-state index is 0.0961. The Labute approximate surface area is 141 Å². The first-order chi connectivity index (χ1) is 11.6. The Bertz CT molecular complexity index is 760. The van der Waals surface area contributed by atoms with Gasteiger partial charge in [-0.3, -0.25) is 4.79 Å². The smallest absolute Gasteiger partial charge is 0.479 e. The third-order valence-corrected chi connectivity index (χ3v) is 3.49. The van der Waals surface area contributed by atoms with Crippen LogP contribution >= 0.6 is 0 Å². The Hall–Kier alpha value is -3.03. The normalized spacial score (nSPS) is 13.6. The first-order valence-corrected chi connectivity index (χ1v) is 7.09. The number of hydrogen-bond donors (Lipinski definition) is 2. The van der Waals surface area contributed by atoms with Gasteiger partial charge in [-0.15, -0.1) is 13.2 Å². The fourth-order valence-electron chi connectivity index (χ4n) is 2.13. The zero-order valence-corrected chi connectivity index (χ0v) is 13.0. The van der Waals surface area contributed by atoms with Gasteiger partial charge in [0, 0.05) is 5.56 Å². The number of carbonyl (C=O) groups is 2. The number of amides is 1. The van der Waals surface area contributed by atoms with Crippen LogP contribution in [0.1, 0.15) is 22.8 Å². The van der Waals surface area contributed by atoms with E-state index in [4.69, 9.17) is 0 Å². The minimum Gasteiger partial charge on any atom is -0.479 e. The Kier molecular flexibility index (Phi) is 5.01. The number of nitrogens with one attached hydrogen (secondary N) is 1. The summed E-state index contributed by atoms with van der Waals surface area (Å²) in [6.07, 6.45) is -4.85. The maximum Gasteiger partial charge on any atom is 0.573 e. The Balaban J connectivity index is 2.27. The standard InChI is InChI=1S/C17H14F3NO4/c1-16(15(23)24,21-14(22)11-5-3-2-4-6-11)12-7-9-13(10-8-12)25-17(18,19)20/h2-10H,1H3,(H,21,22)(H,23,24). The molecule has 2 rings (SSSR count). The topological polar surface area (TPSA) is 75.6 Å². The van der Waals surface area contributed by atoms with E-state index < -0.39 is 29.5 Å². The molecule has 0 saturated heterocycles. The molecule has 0 aliphatic heterocycles. The molecule has 0 fully saturated rings. The molecule has 0 saturated carbocycles. The molecule has 0 heterocycles. The van der Waals surface area contributed by atoms with Crippen molar-refractivity contribution < 1.29 is 32.6 Å². The summed E-state index contributed by atoms with van der Waals surface area (Å²) in [4.78, 5) is 23.9. The van der Waals surface area contributed by atoms with Gasteiger partial charge in [-0.05, 0) is 36.8 Å². The summed E-state index contributed by atoms with van der Waals surface area (Å²) in [5.74, 6) is -2.47. The maximum atomic E-state index is 12.2. The van der Waals surface area contributed by atoms with E-state index in [-0.39, 0.29) is 11.1 Å². The van der Waals surface area contributed by atoms with Gasteiger partial charge in [-0.25, -0.2) is 4.79 Å². The lowest BCUT2D eigenvalue weighted by atomic mass is 9.91. The number of halogens is 3. The van der Waals surface area contributed by atoms with Crippen molar-refractivity contribution in [2.75, 3.05) is 0 Å². The third-order valence-electron chi connectivity index (χ3n) is 3.49. The summed E-state index contributed by atoms with van der Waals surface area (Å²) in [6.45, 7) is 1.25. The van der Waals surface area contributed by atoms with E-state index >= 15 is 0 Å². The molecule has 0 aromatic heterocycles. The largest absolute Gasteiger partial charge is 0.573 e. The lowest BCUT2D eigenvalue weighted by Crippen LogP contribution is -2.49. The number of rotatable bonds is 5. The molecule has 8 heteroatoms. The van der Waals surface area contributed by atoms with Crippen LogP contribution in [0.3, 0.4) is 0 Å². The van der Waals surface area contributed by atoms with Crippen LogP contribution in [-0.2, 0) is 10.3 Å². The van der Waals surface area contributed by atoms with Crippen LogP contribution in [0.25, 0.3) is 0 Å². The summed E-state index contributed by atoms with van der Waals surface area (Å²) in [5.41, 5.74) is -1.48. The molecular weight excluding hydrogens is 339 g/mol. The van der Waals surface area contributed by atoms with Gasteiger partial charge in [0.15, 0.2) is 5.54 Å². The molecule has 1 atom stereocenters. The van der Waals surface area contributed by atoms with Crippen LogP contribution in [0.2, 0.25) is 0 Å². The second-order valence-electron chi connectivity index (χ2n) is 5.32. The van der Waals surface area contributed by atoms with E-state index in [0.717, 1.165) is 24.3 Å². The van der Waals surface area contributed by atoms with Gasteiger partial charge < -0.3 is 15.2 Å². The molecule has 0 radical (unpaired) electrons. The Morgan fingerprint density at radius 2 is 1.56 bits per heavy atom. The van der Waals surface area contributed by atoms with Crippen molar-refractivity contribution in [2.24, 2.45) is 0 Å². The van der Waals surface area contributed by atoms with E-state index in [9.17, 15) is 27.9 Å². The predicted octanol–water partition coefficient (Wildman–Crippen LogP) is 3.32. The van der Waals surface area contributed by atoms with E-state index in [1.807, 2.05) is 0 Å². The monoisotopic (exact) mass is 353 g/mol. The number of ether oxygens (including phenoxy) is 1. The van der Waals surface area contributed by atoms with Crippen LogP contribution in [0.4, 0.5) is 13.2 Å². The molecule has 132 valence electrons. The summed E-state index contributed by atoms with van der Waals surface area (Å²) >= 11 is 0. The van der Waals surface area contributed by atoms with Gasteiger partial charge in [0.1, 0.15) is 5.75 Å². The maximum absolute atomic E-state index is 12.2. The lowest BCUT2D eigenvalue weighted by molar-refractivity contribution is -0.274. The van der Waals surface area contributed by atoms with E-state index in [1.165, 1.54) is 19.1 Å². The summed E-state index contributed by atoms with van der Waals surface area (Å²) < 4.78 is 40.3. The van der Waals surface area contributed by atoms with E-state index in [0.29, 0.717) is 0 Å². The molecule has 2 aromatic carbocycles. The first-order valence-electron chi connectivity index (χ1n) is 7.09. The number of aliphatic carboxylic acids is 1. The number of hydrogen-bond acceptors (Lipinski definition) is 3. The highest BCUT2D eigenvalue weighted by molar-refractivity contribution is 5.98. The second kappa shape index (κ2) is 6.84. The van der Waals surface area contributed by atoms with Gasteiger partial charge in [0.25, 0.3) is 5.91 Å². The molecule has 0 spiro atoms. The van der Waals surface area contributed by atoms with Crippen LogP contribution < -0.4 is 10.1 Å². The highest BCUT2D eigenvalue weighted by Gasteiger charge is 2.37. The molecule has 1 unspecified atom stereocenters. The summed E-state index contributed by atoms with van der Waals surface area (Å²) in [6, 6.07) is 12.2. The SMILES string of the molecule is CC(NC(=O)c1ccccc1)(C(=O)O)c1ccc(OC(F)(F)F)cc1. The zero-order valence-electron chi connectivity index (χ0n) is 13.0. The van der Waals surface area contributed by atoms with E-state index in [2.05, 4.69) is 10.1 Å². The van der Waals surface area contributed by atoms with Crippen molar-refractivity contribution in [1.82, 2.24) is 5.32 Å². The third kappa shape index (κ3) is 4.50. The fraction of sp³-hybridized carbons (Fsp3) is 0.176. The molecule has 0 bridgehead atoms. The first kappa shape index (κ1) is 18.3. The summed E-state index contributed by atoms with van der Waals surface area (Å²) in [7, 11) is 0. The lowest BCUT2D eigenvalue weighted by Gasteiger charge is -2.27. The highest BCUT2D eigenvalue weighted by Crippen LogP contribution is 2.27. The molecular formula is C17H14F3NO4. The number of carbonyl (C=O) groups excluding carboxylic acids is 1. The minimum atomic E-state index is -4.85. The molecule has 1 amide bonds. The van der Waals surface area contributed by atoms with Crippen molar-refractivity contribution in [1.29, 1.82) is 0 Å². The van der Waals surface area contributed by atoms with Gasteiger partial charge in [0.05, 0.1) is 0 Å². The zero-order chi connectivity index (χ0) is 18.7. The molecule has 2 N–H and O–H groups in total. The second-order valence-corrected chi connectivity index (χ2v) is 5.32. The van der Waals surface area contributed by atoms with Crippen molar-refractivity contribution in [3.63, 3.8) is 0 Å². The molecule has 25 heavy (non-hydrogen) atoms. The average molecular weight is 353 g/mol. The van der Waals surface area contributed by atoms with Gasteiger partial charge in [-0.2, -0.15) is 0 Å². The number of benzene rings is 2. The van der Waals surface area contributed by atoms with Crippen molar-refractivity contribution in [3.05, 3.63) is 65.7 Å². The Morgan fingerprint density at radius 1 is 1.00 bits per heavy atom. The number of carboxylic acids is 1. The van der Waals surface area contributed by atoms with Crippen LogP contribution in [0, 0.1) is 0 Å². The number of alkyl halides is 3. The molecule has 2 aromatic rings. The predicted molar refractivity (Wildman–Crippen MR) is 82.0 cm³/mol. The molecule has 0 aliphatic carbocycles. The van der Waals surface area contributed by atoms with Gasteiger partial charge in [-0.1, -0.05) is 30.3 Å². The molecule has 0 aliphatic rings. The van der Waals surface area contributed by atoms with Crippen molar-refractivity contribution >= 4 is 11.9 Å². The highest BCUT2D eigenvalue weighted by atomic mass is 19.4. The summed E-state index contributed by atoms with van der Waals surface area (Å²) in [5, 5.41) is 11.9. The van der Waals surface area contributed by atoms with Crippen LogP contribution in [0.5, 0.6) is 5.75 Å². The van der Waals surface area contributed by atoms with E-state index in [1.54, 1.807) is 18.2 Å². The van der Waals surface area contributed by atoms with Crippen molar-refractivity contribution in [3.8, 4) is 5.75 Å². The van der Waals surface area contributed by atoms with Crippen molar-refractivity contribution in [2.45, 2.75) is 18.8 Å². The Morgan fingerprint density at radius 3 is 2.04 bits per heavy atom. The van der Waals surface area contributed by atoms with Crippen LogP contribution in [0.15, 0.2) is 54.6 Å².